The van der Waals surface area contributed by atoms with Crippen LogP contribution in [0.5, 0.6) is 0 Å². The van der Waals surface area contributed by atoms with Gasteiger partial charge in [0.1, 0.15) is 0 Å². The van der Waals surface area contributed by atoms with Crippen LogP contribution in [0.1, 0.15) is 41.2 Å². The summed E-state index contributed by atoms with van der Waals surface area (Å²) in [5.74, 6) is 0.177. The number of carbonyl (C=O) groups is 1. The molecule has 0 bridgehead atoms. The molecule has 0 atom stereocenters. The van der Waals surface area contributed by atoms with Crippen LogP contribution in [0.3, 0.4) is 0 Å². The molecule has 1 aromatic carbocycles. The summed E-state index contributed by atoms with van der Waals surface area (Å²) in [5.41, 5.74) is 4.32. The van der Waals surface area contributed by atoms with Crippen LogP contribution in [0.25, 0.3) is 0 Å². The molecule has 2 aromatic rings. The fourth-order valence-corrected chi connectivity index (χ4v) is 3.64. The van der Waals surface area contributed by atoms with Crippen molar-refractivity contribution in [1.29, 1.82) is 0 Å². The van der Waals surface area contributed by atoms with E-state index in [0.29, 0.717) is 6.04 Å². The average molecular weight is 339 g/mol. The Hall–Kier alpha value is -2.07. The number of hydrogen-bond acceptors (Lipinski definition) is 2. The van der Waals surface area contributed by atoms with E-state index in [2.05, 4.69) is 67.5 Å². The second-order valence-electron chi connectivity index (χ2n) is 7.28. The first-order valence-electron chi connectivity index (χ1n) is 9.21. The van der Waals surface area contributed by atoms with Crippen LogP contribution in [-0.4, -0.2) is 52.5 Å². The van der Waals surface area contributed by atoms with Gasteiger partial charge in [-0.05, 0) is 39.3 Å². The van der Waals surface area contributed by atoms with E-state index < -0.39 is 0 Å². The maximum absolute atomic E-state index is 13.0. The molecule has 2 heterocycles. The number of benzene rings is 1. The number of hydrogen-bond donors (Lipinski definition) is 0. The molecule has 0 radical (unpaired) electrons. The van der Waals surface area contributed by atoms with Crippen molar-refractivity contribution in [3.8, 4) is 0 Å². The Labute approximate surface area is 151 Å². The first kappa shape index (κ1) is 17.7. The zero-order chi connectivity index (χ0) is 18.0. The maximum Gasteiger partial charge on any atom is 0.255 e. The lowest BCUT2D eigenvalue weighted by atomic mass is 10.2. The number of rotatable bonds is 4. The second-order valence-corrected chi connectivity index (χ2v) is 7.28. The molecule has 0 aliphatic carbocycles. The van der Waals surface area contributed by atoms with Gasteiger partial charge in [-0.15, -0.1) is 0 Å². The van der Waals surface area contributed by atoms with Crippen molar-refractivity contribution in [1.82, 2.24) is 14.4 Å². The first-order valence-corrected chi connectivity index (χ1v) is 9.21. The highest BCUT2D eigenvalue weighted by atomic mass is 16.2. The first-order chi connectivity index (χ1) is 12.0. The van der Waals surface area contributed by atoms with Crippen molar-refractivity contribution >= 4 is 5.91 Å². The highest BCUT2D eigenvalue weighted by molar-refractivity contribution is 5.95. The quantitative estimate of drug-likeness (QED) is 0.855. The third-order valence-electron chi connectivity index (χ3n) is 5.32. The van der Waals surface area contributed by atoms with Crippen LogP contribution in [0.15, 0.2) is 36.4 Å². The molecular weight excluding hydrogens is 310 g/mol. The number of aromatic nitrogens is 1. The van der Waals surface area contributed by atoms with Crippen molar-refractivity contribution in [2.45, 2.75) is 40.3 Å². The summed E-state index contributed by atoms with van der Waals surface area (Å²) in [6.45, 7) is 13.0. The van der Waals surface area contributed by atoms with Gasteiger partial charge in [0.15, 0.2) is 0 Å². The zero-order valence-electron chi connectivity index (χ0n) is 15.8. The summed E-state index contributed by atoms with van der Waals surface area (Å²) in [4.78, 5) is 17.4. The van der Waals surface area contributed by atoms with Gasteiger partial charge < -0.3 is 9.47 Å². The SMILES string of the molecule is Cc1cc(C(=O)N2CCN(C(C)C)CC2)c(C)n1Cc1ccccc1. The van der Waals surface area contributed by atoms with E-state index in [-0.39, 0.29) is 5.91 Å². The van der Waals surface area contributed by atoms with E-state index in [1.165, 1.54) is 5.56 Å². The van der Waals surface area contributed by atoms with Gasteiger partial charge in [0.05, 0.1) is 5.56 Å². The minimum Gasteiger partial charge on any atom is -0.344 e. The van der Waals surface area contributed by atoms with Gasteiger partial charge in [-0.2, -0.15) is 0 Å². The Kier molecular flexibility index (Phi) is 5.28. The molecule has 25 heavy (non-hydrogen) atoms. The number of nitrogens with zero attached hydrogens (tertiary/aromatic N) is 3. The maximum atomic E-state index is 13.0. The van der Waals surface area contributed by atoms with E-state index in [0.717, 1.165) is 49.7 Å². The Bertz CT molecular complexity index is 725. The molecule has 4 nitrogen and oxygen atoms in total. The molecule has 1 saturated heterocycles. The average Bonchev–Trinajstić information content (AvgIpc) is 2.90. The predicted octanol–water partition coefficient (Wildman–Crippen LogP) is 3.32. The topological polar surface area (TPSA) is 28.5 Å². The molecule has 4 heteroatoms. The predicted molar refractivity (Wildman–Crippen MR) is 102 cm³/mol. The third kappa shape index (κ3) is 3.79. The van der Waals surface area contributed by atoms with Gasteiger partial charge in [0.2, 0.25) is 0 Å². The molecule has 0 N–H and O–H groups in total. The summed E-state index contributed by atoms with van der Waals surface area (Å²) in [6.07, 6.45) is 0. The Balaban J connectivity index is 1.75. The van der Waals surface area contributed by atoms with E-state index in [9.17, 15) is 4.79 Å². The Morgan fingerprint density at radius 1 is 1.04 bits per heavy atom. The van der Waals surface area contributed by atoms with Crippen molar-refractivity contribution in [3.63, 3.8) is 0 Å². The van der Waals surface area contributed by atoms with Crippen LogP contribution in [0.2, 0.25) is 0 Å². The third-order valence-corrected chi connectivity index (χ3v) is 5.32. The normalized spacial score (nSPS) is 15.8. The summed E-state index contributed by atoms with van der Waals surface area (Å²) < 4.78 is 2.24. The van der Waals surface area contributed by atoms with E-state index in [1.807, 2.05) is 11.0 Å². The number of aryl methyl sites for hydroxylation is 1. The summed E-state index contributed by atoms with van der Waals surface area (Å²) in [5, 5.41) is 0. The lowest BCUT2D eigenvalue weighted by Crippen LogP contribution is -2.50. The lowest BCUT2D eigenvalue weighted by molar-refractivity contribution is 0.0594. The van der Waals surface area contributed by atoms with E-state index in [4.69, 9.17) is 0 Å². The molecule has 1 fully saturated rings. The molecule has 0 saturated carbocycles. The van der Waals surface area contributed by atoms with Crippen LogP contribution < -0.4 is 0 Å². The Morgan fingerprint density at radius 3 is 2.28 bits per heavy atom. The van der Waals surface area contributed by atoms with Crippen molar-refractivity contribution in [2.75, 3.05) is 26.2 Å². The van der Waals surface area contributed by atoms with Gasteiger partial charge in [0, 0.05) is 50.2 Å². The van der Waals surface area contributed by atoms with Crippen LogP contribution in [-0.2, 0) is 6.54 Å². The highest BCUT2D eigenvalue weighted by Crippen LogP contribution is 2.20. The monoisotopic (exact) mass is 339 g/mol. The zero-order valence-corrected chi connectivity index (χ0v) is 15.8. The molecule has 1 aliphatic heterocycles. The number of carbonyl (C=O) groups excluding carboxylic acids is 1. The fourth-order valence-electron chi connectivity index (χ4n) is 3.64. The van der Waals surface area contributed by atoms with Crippen LogP contribution in [0.4, 0.5) is 0 Å². The number of piperazine rings is 1. The van der Waals surface area contributed by atoms with Gasteiger partial charge in [-0.1, -0.05) is 30.3 Å². The van der Waals surface area contributed by atoms with Crippen LogP contribution >= 0.6 is 0 Å². The van der Waals surface area contributed by atoms with Crippen molar-refractivity contribution in [2.24, 2.45) is 0 Å². The summed E-state index contributed by atoms with van der Waals surface area (Å²) >= 11 is 0. The second kappa shape index (κ2) is 7.44. The molecule has 0 spiro atoms. The van der Waals surface area contributed by atoms with E-state index in [1.54, 1.807) is 0 Å². The molecule has 1 amide bonds. The molecule has 1 aliphatic rings. The smallest absolute Gasteiger partial charge is 0.255 e. The summed E-state index contributed by atoms with van der Waals surface area (Å²) in [6, 6.07) is 13.0. The molecule has 134 valence electrons. The van der Waals surface area contributed by atoms with Gasteiger partial charge in [0.25, 0.3) is 5.91 Å². The van der Waals surface area contributed by atoms with Crippen molar-refractivity contribution in [3.05, 3.63) is 58.9 Å². The molecule has 1 aromatic heterocycles. The van der Waals surface area contributed by atoms with Gasteiger partial charge >= 0.3 is 0 Å². The lowest BCUT2D eigenvalue weighted by Gasteiger charge is -2.37. The van der Waals surface area contributed by atoms with Crippen molar-refractivity contribution < 1.29 is 4.79 Å². The molecule has 3 rings (SSSR count). The molecular formula is C21H29N3O. The molecule has 0 unspecified atom stereocenters. The minimum absolute atomic E-state index is 0.177. The van der Waals surface area contributed by atoms with E-state index >= 15 is 0 Å². The number of amides is 1. The minimum atomic E-state index is 0.177. The standard InChI is InChI=1S/C21H29N3O/c1-16(2)22-10-12-23(13-11-22)21(25)20-14-17(3)24(18(20)4)15-19-8-6-5-7-9-19/h5-9,14,16H,10-13,15H2,1-4H3. The largest absolute Gasteiger partial charge is 0.344 e. The Morgan fingerprint density at radius 2 is 1.68 bits per heavy atom. The highest BCUT2D eigenvalue weighted by Gasteiger charge is 2.25. The fraction of sp³-hybridized carbons (Fsp3) is 0.476. The summed E-state index contributed by atoms with van der Waals surface area (Å²) in [7, 11) is 0. The van der Waals surface area contributed by atoms with Gasteiger partial charge in [-0.25, -0.2) is 0 Å². The van der Waals surface area contributed by atoms with Gasteiger partial charge in [-0.3, -0.25) is 9.69 Å². The van der Waals surface area contributed by atoms with Crippen LogP contribution in [0, 0.1) is 13.8 Å².